The van der Waals surface area contributed by atoms with Crippen LogP contribution in [0.15, 0.2) is 60.7 Å². The minimum absolute atomic E-state index is 0.739. The molecule has 0 heterocycles. The summed E-state index contributed by atoms with van der Waals surface area (Å²) in [5.41, 5.74) is 3.02. The van der Waals surface area contributed by atoms with E-state index in [0.29, 0.717) is 0 Å². The lowest BCUT2D eigenvalue weighted by Gasteiger charge is -2.00. The predicted molar refractivity (Wildman–Crippen MR) is 72.1 cm³/mol. The van der Waals surface area contributed by atoms with Gasteiger partial charge in [0.15, 0.2) is 0 Å². The fraction of sp³-hybridized carbons (Fsp3) is 0.294. The molecule has 2 atom stereocenters. The molecule has 0 nitrogen and oxygen atoms in total. The highest BCUT2D eigenvalue weighted by molar-refractivity contribution is 5.38. The fourth-order valence-corrected chi connectivity index (χ4v) is 3.14. The summed E-state index contributed by atoms with van der Waals surface area (Å²) >= 11 is 0. The first kappa shape index (κ1) is 10.6. The lowest BCUT2D eigenvalue weighted by Crippen LogP contribution is -1.82. The largest absolute Gasteiger partial charge is 0.0651 e. The second kappa shape index (κ2) is 4.37. The molecule has 2 unspecified atom stereocenters. The van der Waals surface area contributed by atoms with Crippen molar-refractivity contribution in [2.45, 2.75) is 25.2 Å². The van der Waals surface area contributed by atoms with Gasteiger partial charge in [-0.05, 0) is 28.9 Å². The molecule has 86 valence electrons. The van der Waals surface area contributed by atoms with Crippen LogP contribution in [0.4, 0.5) is 0 Å². The first-order valence-corrected chi connectivity index (χ1v) is 6.51. The first-order valence-electron chi connectivity index (χ1n) is 6.51. The van der Waals surface area contributed by atoms with E-state index in [1.807, 2.05) is 0 Å². The highest BCUT2D eigenvalue weighted by atomic mass is 14.5. The zero-order valence-corrected chi connectivity index (χ0v) is 10.2. The molecule has 0 radical (unpaired) electrons. The van der Waals surface area contributed by atoms with Crippen LogP contribution < -0.4 is 0 Å². The average molecular weight is 222 g/mol. The molecule has 0 saturated heterocycles. The normalized spacial score (nSPS) is 26.8. The number of rotatable bonds is 3. The van der Waals surface area contributed by atoms with E-state index >= 15 is 0 Å². The Kier molecular flexibility index (Phi) is 2.72. The summed E-state index contributed by atoms with van der Waals surface area (Å²) in [6, 6.07) is 21.9. The summed E-state index contributed by atoms with van der Waals surface area (Å²) < 4.78 is 0. The van der Waals surface area contributed by atoms with Gasteiger partial charge in [0, 0.05) is 0 Å². The van der Waals surface area contributed by atoms with Crippen molar-refractivity contribution in [3.8, 4) is 0 Å². The van der Waals surface area contributed by atoms with Crippen LogP contribution in [-0.2, 0) is 0 Å². The molecule has 2 aromatic rings. The molecular formula is C17H18. The minimum Gasteiger partial charge on any atom is -0.0651 e. The molecule has 1 aliphatic carbocycles. The molecule has 0 spiro atoms. The maximum atomic E-state index is 2.31. The van der Waals surface area contributed by atoms with Gasteiger partial charge in [0.25, 0.3) is 0 Å². The Hall–Kier alpha value is -1.56. The Morgan fingerprint density at radius 3 is 1.47 bits per heavy atom. The molecule has 0 heteroatoms. The van der Waals surface area contributed by atoms with Crippen LogP contribution in [0.3, 0.4) is 0 Å². The smallest absolute Gasteiger partial charge is 0.00559 e. The molecule has 0 N–H and O–H groups in total. The highest BCUT2D eigenvalue weighted by Gasteiger charge is 2.49. The van der Waals surface area contributed by atoms with Crippen molar-refractivity contribution < 1.29 is 0 Å². The monoisotopic (exact) mass is 222 g/mol. The Morgan fingerprint density at radius 1 is 0.706 bits per heavy atom. The van der Waals surface area contributed by atoms with E-state index < -0.39 is 0 Å². The van der Waals surface area contributed by atoms with Crippen molar-refractivity contribution in [2.24, 2.45) is 5.92 Å². The molecular weight excluding hydrogens is 204 g/mol. The van der Waals surface area contributed by atoms with Crippen molar-refractivity contribution in [1.82, 2.24) is 0 Å². The summed E-state index contributed by atoms with van der Waals surface area (Å²) in [5, 5.41) is 0. The van der Waals surface area contributed by atoms with Gasteiger partial charge >= 0.3 is 0 Å². The third-order valence-electron chi connectivity index (χ3n) is 4.01. The fourth-order valence-electron chi connectivity index (χ4n) is 3.14. The summed E-state index contributed by atoms with van der Waals surface area (Å²) in [4.78, 5) is 0. The van der Waals surface area contributed by atoms with Crippen LogP contribution in [-0.4, -0.2) is 0 Å². The van der Waals surface area contributed by atoms with Crippen LogP contribution in [0, 0.1) is 5.92 Å². The van der Waals surface area contributed by atoms with E-state index in [-0.39, 0.29) is 0 Å². The summed E-state index contributed by atoms with van der Waals surface area (Å²) in [5.74, 6) is 2.31. The number of hydrogen-bond acceptors (Lipinski definition) is 0. The SMILES string of the molecule is CCC1C(c2ccccc2)C1c1ccccc1. The molecule has 1 saturated carbocycles. The molecule has 2 aromatic carbocycles. The number of hydrogen-bond donors (Lipinski definition) is 0. The summed E-state index contributed by atoms with van der Waals surface area (Å²) in [7, 11) is 0. The van der Waals surface area contributed by atoms with Crippen LogP contribution in [0.2, 0.25) is 0 Å². The average Bonchev–Trinajstić information content (AvgIpc) is 3.15. The molecule has 3 rings (SSSR count). The lowest BCUT2D eigenvalue weighted by atomic mass is 10.0. The Balaban J connectivity index is 1.88. The molecule has 1 aliphatic rings. The molecule has 17 heavy (non-hydrogen) atoms. The van der Waals surface area contributed by atoms with E-state index in [1.165, 1.54) is 17.5 Å². The topological polar surface area (TPSA) is 0 Å². The van der Waals surface area contributed by atoms with Crippen molar-refractivity contribution in [2.75, 3.05) is 0 Å². The van der Waals surface area contributed by atoms with E-state index in [4.69, 9.17) is 0 Å². The van der Waals surface area contributed by atoms with Gasteiger partial charge in [-0.2, -0.15) is 0 Å². The van der Waals surface area contributed by atoms with Gasteiger partial charge in [-0.25, -0.2) is 0 Å². The van der Waals surface area contributed by atoms with Crippen molar-refractivity contribution in [1.29, 1.82) is 0 Å². The third kappa shape index (κ3) is 1.88. The van der Waals surface area contributed by atoms with E-state index in [9.17, 15) is 0 Å². The zero-order chi connectivity index (χ0) is 11.7. The van der Waals surface area contributed by atoms with Crippen LogP contribution in [0.25, 0.3) is 0 Å². The first-order chi connectivity index (χ1) is 8.42. The van der Waals surface area contributed by atoms with Gasteiger partial charge in [-0.3, -0.25) is 0 Å². The van der Waals surface area contributed by atoms with Gasteiger partial charge in [0.1, 0.15) is 0 Å². The van der Waals surface area contributed by atoms with E-state index in [0.717, 1.165) is 17.8 Å². The van der Waals surface area contributed by atoms with Crippen LogP contribution in [0.5, 0.6) is 0 Å². The van der Waals surface area contributed by atoms with Crippen molar-refractivity contribution in [3.05, 3.63) is 71.8 Å². The molecule has 0 aromatic heterocycles. The molecule has 1 fully saturated rings. The van der Waals surface area contributed by atoms with Crippen LogP contribution >= 0.6 is 0 Å². The van der Waals surface area contributed by atoms with Crippen LogP contribution in [0.1, 0.15) is 36.3 Å². The summed E-state index contributed by atoms with van der Waals surface area (Å²) in [6.45, 7) is 2.31. The second-order valence-electron chi connectivity index (χ2n) is 4.95. The maximum absolute atomic E-state index is 2.31. The van der Waals surface area contributed by atoms with Gasteiger partial charge < -0.3 is 0 Å². The second-order valence-corrected chi connectivity index (χ2v) is 4.95. The highest BCUT2D eigenvalue weighted by Crippen LogP contribution is 2.61. The standard InChI is InChI=1S/C17H18/c1-2-15-16(13-9-5-3-6-10-13)17(15)14-11-7-4-8-12-14/h3-12,15-17H,2H2,1H3. The van der Waals surface area contributed by atoms with Gasteiger partial charge in [-0.1, -0.05) is 74.0 Å². The van der Waals surface area contributed by atoms with Gasteiger partial charge in [-0.15, -0.1) is 0 Å². The van der Waals surface area contributed by atoms with E-state index in [2.05, 4.69) is 67.6 Å². The Bertz CT molecular complexity index is 426. The van der Waals surface area contributed by atoms with E-state index in [1.54, 1.807) is 0 Å². The number of benzene rings is 2. The Morgan fingerprint density at radius 2 is 1.12 bits per heavy atom. The van der Waals surface area contributed by atoms with Gasteiger partial charge in [0.05, 0.1) is 0 Å². The molecule has 0 aliphatic heterocycles. The quantitative estimate of drug-likeness (QED) is 0.712. The predicted octanol–water partition coefficient (Wildman–Crippen LogP) is 4.59. The minimum atomic E-state index is 0.739. The van der Waals surface area contributed by atoms with Gasteiger partial charge in [0.2, 0.25) is 0 Å². The molecule has 0 bridgehead atoms. The Labute approximate surface area is 103 Å². The summed E-state index contributed by atoms with van der Waals surface area (Å²) in [6.07, 6.45) is 1.28. The lowest BCUT2D eigenvalue weighted by molar-refractivity contribution is 0.748. The molecule has 0 amide bonds. The third-order valence-corrected chi connectivity index (χ3v) is 4.01. The zero-order valence-electron chi connectivity index (χ0n) is 10.2. The van der Waals surface area contributed by atoms with Crippen molar-refractivity contribution >= 4 is 0 Å². The maximum Gasteiger partial charge on any atom is -0.00559 e. The van der Waals surface area contributed by atoms with Crippen molar-refractivity contribution in [3.63, 3.8) is 0 Å².